The standard InChI is InChI=1S/C19H14F6N2O4/c20-18(21,22)30-14-5-1-12(2-6-14)26-17(29)11-9-16(28)27(10-11)13-3-7-15(8-4-13)31-19(23,24)25/h1-8,11H,9-10H2,(H,26,29)/t11-/m0/s1. The molecule has 0 saturated carbocycles. The van der Waals surface area contributed by atoms with Crippen LogP contribution in [0.1, 0.15) is 6.42 Å². The monoisotopic (exact) mass is 448 g/mol. The number of nitrogens with one attached hydrogen (secondary N) is 1. The van der Waals surface area contributed by atoms with Gasteiger partial charge in [0.1, 0.15) is 11.5 Å². The van der Waals surface area contributed by atoms with Crippen molar-refractivity contribution in [3.63, 3.8) is 0 Å². The van der Waals surface area contributed by atoms with Gasteiger partial charge < -0.3 is 19.7 Å². The Morgan fingerprint density at radius 3 is 1.84 bits per heavy atom. The summed E-state index contributed by atoms with van der Waals surface area (Å²) in [4.78, 5) is 25.9. The molecule has 0 bridgehead atoms. The van der Waals surface area contributed by atoms with Crippen molar-refractivity contribution in [1.29, 1.82) is 0 Å². The highest BCUT2D eigenvalue weighted by Crippen LogP contribution is 2.30. The van der Waals surface area contributed by atoms with Crippen LogP contribution < -0.4 is 19.7 Å². The van der Waals surface area contributed by atoms with Crippen LogP contribution >= 0.6 is 0 Å². The lowest BCUT2D eigenvalue weighted by Crippen LogP contribution is -2.28. The molecule has 0 radical (unpaired) electrons. The zero-order valence-corrected chi connectivity index (χ0v) is 15.5. The minimum atomic E-state index is -4.84. The number of ether oxygens (including phenoxy) is 2. The van der Waals surface area contributed by atoms with E-state index in [-0.39, 0.29) is 18.7 Å². The third-order valence-electron chi connectivity index (χ3n) is 4.23. The van der Waals surface area contributed by atoms with Crippen LogP contribution in [0.5, 0.6) is 11.5 Å². The molecule has 1 aliphatic rings. The van der Waals surface area contributed by atoms with Crippen LogP contribution in [0.15, 0.2) is 48.5 Å². The third kappa shape index (κ3) is 6.27. The van der Waals surface area contributed by atoms with Crippen molar-refractivity contribution < 1.29 is 45.4 Å². The van der Waals surface area contributed by atoms with E-state index < -0.39 is 42.0 Å². The normalized spacial score (nSPS) is 16.9. The predicted octanol–water partition coefficient (Wildman–Crippen LogP) is 4.48. The van der Waals surface area contributed by atoms with E-state index >= 15 is 0 Å². The van der Waals surface area contributed by atoms with Crippen molar-refractivity contribution >= 4 is 23.2 Å². The smallest absolute Gasteiger partial charge is 0.406 e. The lowest BCUT2D eigenvalue weighted by atomic mass is 10.1. The lowest BCUT2D eigenvalue weighted by molar-refractivity contribution is -0.275. The Labute approximate surface area is 171 Å². The zero-order valence-electron chi connectivity index (χ0n) is 15.5. The fourth-order valence-electron chi connectivity index (χ4n) is 2.94. The first-order valence-electron chi connectivity index (χ1n) is 8.72. The number of alkyl halides is 6. The summed E-state index contributed by atoms with van der Waals surface area (Å²) in [6, 6.07) is 9.11. The zero-order chi connectivity index (χ0) is 22.8. The molecule has 12 heteroatoms. The summed E-state index contributed by atoms with van der Waals surface area (Å²) in [6.07, 6.45) is -9.82. The highest BCUT2D eigenvalue weighted by atomic mass is 19.4. The molecule has 1 saturated heterocycles. The molecule has 0 unspecified atom stereocenters. The van der Waals surface area contributed by atoms with E-state index in [9.17, 15) is 35.9 Å². The van der Waals surface area contributed by atoms with Crippen LogP contribution in [0.4, 0.5) is 37.7 Å². The van der Waals surface area contributed by atoms with E-state index in [4.69, 9.17) is 0 Å². The largest absolute Gasteiger partial charge is 0.573 e. The molecular weight excluding hydrogens is 434 g/mol. The van der Waals surface area contributed by atoms with E-state index in [0.29, 0.717) is 5.69 Å². The quantitative estimate of drug-likeness (QED) is 0.686. The fourth-order valence-corrected chi connectivity index (χ4v) is 2.94. The molecule has 0 spiro atoms. The summed E-state index contributed by atoms with van der Waals surface area (Å²) >= 11 is 0. The second kappa shape index (κ2) is 8.36. The summed E-state index contributed by atoms with van der Waals surface area (Å²) in [5, 5.41) is 2.50. The minimum absolute atomic E-state index is 0.0145. The number of rotatable bonds is 5. The molecule has 0 aromatic heterocycles. The van der Waals surface area contributed by atoms with Crippen molar-refractivity contribution in [2.45, 2.75) is 19.1 Å². The highest BCUT2D eigenvalue weighted by Gasteiger charge is 2.36. The van der Waals surface area contributed by atoms with Crippen LogP contribution in [0.3, 0.4) is 0 Å². The van der Waals surface area contributed by atoms with E-state index in [2.05, 4.69) is 14.8 Å². The van der Waals surface area contributed by atoms with Crippen LogP contribution in [-0.4, -0.2) is 31.1 Å². The van der Waals surface area contributed by atoms with E-state index in [0.717, 1.165) is 24.3 Å². The van der Waals surface area contributed by atoms with Gasteiger partial charge in [-0.25, -0.2) is 0 Å². The molecule has 3 rings (SSSR count). The molecule has 31 heavy (non-hydrogen) atoms. The van der Waals surface area contributed by atoms with Crippen molar-refractivity contribution in [2.24, 2.45) is 5.92 Å². The predicted molar refractivity (Wildman–Crippen MR) is 95.3 cm³/mol. The Kier molecular flexibility index (Phi) is 6.00. The second-order valence-corrected chi connectivity index (χ2v) is 6.51. The van der Waals surface area contributed by atoms with Gasteiger partial charge in [-0.1, -0.05) is 0 Å². The van der Waals surface area contributed by atoms with Crippen LogP contribution in [0, 0.1) is 5.92 Å². The molecule has 1 N–H and O–H groups in total. The molecule has 2 aromatic rings. The maximum Gasteiger partial charge on any atom is 0.573 e. The number of hydrogen-bond acceptors (Lipinski definition) is 4. The number of hydrogen-bond donors (Lipinski definition) is 1. The minimum Gasteiger partial charge on any atom is -0.406 e. The number of amides is 2. The summed E-state index contributed by atoms with van der Waals surface area (Å²) < 4.78 is 80.7. The molecular formula is C19H14F6N2O4. The molecule has 1 atom stereocenters. The molecule has 2 amide bonds. The van der Waals surface area contributed by atoms with Gasteiger partial charge in [0.2, 0.25) is 11.8 Å². The molecule has 1 heterocycles. The molecule has 1 fully saturated rings. The van der Waals surface area contributed by atoms with Gasteiger partial charge in [0.15, 0.2) is 0 Å². The number of halogens is 6. The van der Waals surface area contributed by atoms with Crippen molar-refractivity contribution in [1.82, 2.24) is 0 Å². The topological polar surface area (TPSA) is 67.9 Å². The lowest BCUT2D eigenvalue weighted by Gasteiger charge is -2.17. The van der Waals surface area contributed by atoms with E-state index in [1.54, 1.807) is 0 Å². The first-order valence-corrected chi connectivity index (χ1v) is 8.72. The molecule has 0 aliphatic carbocycles. The summed E-state index contributed by atoms with van der Waals surface area (Å²) in [5.41, 5.74) is 0.502. The van der Waals surface area contributed by atoms with Gasteiger partial charge in [-0.15, -0.1) is 26.3 Å². The number of nitrogens with zero attached hydrogens (tertiary/aromatic N) is 1. The number of benzene rings is 2. The average molecular weight is 448 g/mol. The SMILES string of the molecule is O=C(Nc1ccc(OC(F)(F)F)cc1)[C@H]1CC(=O)N(c2ccc(OC(F)(F)F)cc2)C1. The second-order valence-electron chi connectivity index (χ2n) is 6.51. The van der Waals surface area contributed by atoms with Gasteiger partial charge in [0, 0.05) is 24.3 Å². The molecule has 2 aromatic carbocycles. The molecule has 6 nitrogen and oxygen atoms in total. The summed E-state index contributed by atoms with van der Waals surface area (Å²) in [5.74, 6) is -2.60. The van der Waals surface area contributed by atoms with E-state index in [1.807, 2.05) is 0 Å². The Balaban J connectivity index is 1.60. The average Bonchev–Trinajstić information content (AvgIpc) is 3.03. The van der Waals surface area contributed by atoms with Gasteiger partial charge in [0.05, 0.1) is 5.92 Å². The van der Waals surface area contributed by atoms with Crippen LogP contribution in [-0.2, 0) is 9.59 Å². The molecule has 1 aliphatic heterocycles. The Morgan fingerprint density at radius 1 is 0.871 bits per heavy atom. The first-order chi connectivity index (χ1) is 14.4. The Bertz CT molecular complexity index is 942. The number of anilines is 2. The van der Waals surface area contributed by atoms with Gasteiger partial charge in [-0.2, -0.15) is 0 Å². The van der Waals surface area contributed by atoms with Gasteiger partial charge >= 0.3 is 12.7 Å². The van der Waals surface area contributed by atoms with Crippen molar-refractivity contribution in [3.05, 3.63) is 48.5 Å². The summed E-state index contributed by atoms with van der Waals surface area (Å²) in [7, 11) is 0. The van der Waals surface area contributed by atoms with Crippen molar-refractivity contribution in [2.75, 3.05) is 16.8 Å². The Hall–Kier alpha value is -3.44. The highest BCUT2D eigenvalue weighted by molar-refractivity contribution is 6.03. The van der Waals surface area contributed by atoms with Crippen LogP contribution in [0.2, 0.25) is 0 Å². The summed E-state index contributed by atoms with van der Waals surface area (Å²) in [6.45, 7) is -0.0145. The van der Waals surface area contributed by atoms with Gasteiger partial charge in [0.25, 0.3) is 0 Å². The first kappa shape index (κ1) is 22.2. The molecule has 166 valence electrons. The maximum absolute atomic E-state index is 12.4. The van der Waals surface area contributed by atoms with Crippen LogP contribution in [0.25, 0.3) is 0 Å². The fraction of sp³-hybridized carbons (Fsp3) is 0.263. The third-order valence-corrected chi connectivity index (χ3v) is 4.23. The number of carbonyl (C=O) groups excluding carboxylic acids is 2. The van der Waals surface area contributed by atoms with Gasteiger partial charge in [-0.05, 0) is 48.5 Å². The van der Waals surface area contributed by atoms with Gasteiger partial charge in [-0.3, -0.25) is 9.59 Å². The van der Waals surface area contributed by atoms with E-state index in [1.165, 1.54) is 29.2 Å². The maximum atomic E-state index is 12.4. The Morgan fingerprint density at radius 2 is 1.35 bits per heavy atom. The number of carbonyl (C=O) groups is 2. The van der Waals surface area contributed by atoms with Crippen molar-refractivity contribution in [3.8, 4) is 11.5 Å².